The lowest BCUT2D eigenvalue weighted by Crippen LogP contribution is -1.96. The highest BCUT2D eigenvalue weighted by molar-refractivity contribution is 7.98. The van der Waals surface area contributed by atoms with Crippen molar-refractivity contribution in [1.29, 1.82) is 0 Å². The monoisotopic (exact) mass is 248 g/mol. The molecule has 0 spiro atoms. The Morgan fingerprint density at radius 1 is 1.13 bits per heavy atom. The average molecular weight is 248 g/mol. The van der Waals surface area contributed by atoms with Gasteiger partial charge in [-0.05, 0) is 30.5 Å². The fourth-order valence-corrected chi connectivity index (χ4v) is 2.00. The second-order valence-corrected chi connectivity index (χ2v) is 5.27. The van der Waals surface area contributed by atoms with E-state index < -0.39 is 7.82 Å². The highest BCUT2D eigenvalue weighted by Crippen LogP contribution is 2.47. The average Bonchev–Trinajstić information content (AvgIpc) is 2.30. The number of benzene rings is 1. The number of hydrogen-bond acceptors (Lipinski definition) is 5. The maximum atomic E-state index is 11.6. The van der Waals surface area contributed by atoms with Gasteiger partial charge in [0.1, 0.15) is 5.75 Å². The van der Waals surface area contributed by atoms with Crippen molar-refractivity contribution in [3.8, 4) is 5.75 Å². The molecule has 0 fully saturated rings. The normalized spacial score (nSPS) is 11.4. The second kappa shape index (κ2) is 5.56. The van der Waals surface area contributed by atoms with Gasteiger partial charge in [0, 0.05) is 19.1 Å². The van der Waals surface area contributed by atoms with Crippen molar-refractivity contribution in [3.05, 3.63) is 24.3 Å². The lowest BCUT2D eigenvalue weighted by atomic mass is 10.3. The van der Waals surface area contributed by atoms with Crippen molar-refractivity contribution in [3.63, 3.8) is 0 Å². The van der Waals surface area contributed by atoms with Crippen LogP contribution in [-0.4, -0.2) is 20.5 Å². The number of phosphoric ester groups is 1. The van der Waals surface area contributed by atoms with Crippen molar-refractivity contribution in [1.82, 2.24) is 0 Å². The van der Waals surface area contributed by atoms with E-state index in [0.29, 0.717) is 5.75 Å². The zero-order chi connectivity index (χ0) is 11.3. The SMILES string of the molecule is COP(=O)(OC)Oc1ccc(SC)cc1. The smallest absolute Gasteiger partial charge is 0.404 e. The van der Waals surface area contributed by atoms with Crippen molar-refractivity contribution in [2.24, 2.45) is 0 Å². The third kappa shape index (κ3) is 3.54. The molecule has 0 atom stereocenters. The first-order valence-electron chi connectivity index (χ1n) is 4.18. The van der Waals surface area contributed by atoms with Crippen LogP contribution in [-0.2, 0) is 13.6 Å². The molecule has 0 aliphatic carbocycles. The van der Waals surface area contributed by atoms with E-state index in [1.54, 1.807) is 23.9 Å². The van der Waals surface area contributed by atoms with Gasteiger partial charge in [0.15, 0.2) is 0 Å². The summed E-state index contributed by atoms with van der Waals surface area (Å²) >= 11 is 1.62. The van der Waals surface area contributed by atoms with Gasteiger partial charge in [-0.2, -0.15) is 0 Å². The van der Waals surface area contributed by atoms with Crippen LogP contribution in [0.15, 0.2) is 29.2 Å². The minimum Gasteiger partial charge on any atom is -0.404 e. The summed E-state index contributed by atoms with van der Waals surface area (Å²) in [5.41, 5.74) is 0. The van der Waals surface area contributed by atoms with Crippen LogP contribution in [0.4, 0.5) is 0 Å². The van der Waals surface area contributed by atoms with Gasteiger partial charge in [-0.1, -0.05) is 0 Å². The van der Waals surface area contributed by atoms with Gasteiger partial charge in [-0.3, -0.25) is 9.05 Å². The third-order valence-electron chi connectivity index (χ3n) is 1.72. The molecular formula is C9H13O4PS. The topological polar surface area (TPSA) is 44.8 Å². The quantitative estimate of drug-likeness (QED) is 0.591. The molecule has 4 nitrogen and oxygen atoms in total. The number of thioether (sulfide) groups is 1. The first-order valence-corrected chi connectivity index (χ1v) is 6.87. The molecule has 0 radical (unpaired) electrons. The van der Waals surface area contributed by atoms with Crippen LogP contribution in [0.5, 0.6) is 5.75 Å². The van der Waals surface area contributed by atoms with E-state index in [1.165, 1.54) is 14.2 Å². The summed E-state index contributed by atoms with van der Waals surface area (Å²) < 4.78 is 26.0. The van der Waals surface area contributed by atoms with Gasteiger partial charge in [-0.15, -0.1) is 11.8 Å². The van der Waals surface area contributed by atoms with E-state index in [1.807, 2.05) is 18.4 Å². The highest BCUT2D eigenvalue weighted by atomic mass is 32.2. The van der Waals surface area contributed by atoms with Crippen LogP contribution in [0.1, 0.15) is 0 Å². The van der Waals surface area contributed by atoms with Gasteiger partial charge in [0.2, 0.25) is 0 Å². The van der Waals surface area contributed by atoms with Crippen LogP contribution in [0.2, 0.25) is 0 Å². The maximum absolute atomic E-state index is 11.6. The van der Waals surface area contributed by atoms with Crippen LogP contribution >= 0.6 is 19.6 Å². The molecule has 0 saturated carbocycles. The molecule has 0 aromatic heterocycles. The number of hydrogen-bond donors (Lipinski definition) is 0. The molecule has 84 valence electrons. The summed E-state index contributed by atoms with van der Waals surface area (Å²) in [6.07, 6.45) is 1.98. The van der Waals surface area contributed by atoms with Gasteiger partial charge >= 0.3 is 7.82 Å². The van der Waals surface area contributed by atoms with Crippen molar-refractivity contribution < 1.29 is 18.1 Å². The Balaban J connectivity index is 2.76. The molecule has 0 bridgehead atoms. The van der Waals surface area contributed by atoms with E-state index in [9.17, 15) is 4.57 Å². The van der Waals surface area contributed by atoms with E-state index >= 15 is 0 Å². The molecular weight excluding hydrogens is 235 g/mol. The largest absolute Gasteiger partial charge is 0.529 e. The third-order valence-corrected chi connectivity index (χ3v) is 3.80. The van der Waals surface area contributed by atoms with Crippen molar-refractivity contribution in [2.75, 3.05) is 20.5 Å². The minimum absolute atomic E-state index is 0.458. The summed E-state index contributed by atoms with van der Waals surface area (Å²) in [5.74, 6) is 0.458. The number of rotatable bonds is 5. The maximum Gasteiger partial charge on any atom is 0.529 e. The summed E-state index contributed by atoms with van der Waals surface area (Å²) in [4.78, 5) is 1.10. The Hall–Kier alpha value is -0.480. The first kappa shape index (κ1) is 12.6. The molecule has 6 heteroatoms. The predicted octanol–water partition coefficient (Wildman–Crippen LogP) is 3.19. The van der Waals surface area contributed by atoms with Crippen LogP contribution in [0, 0.1) is 0 Å². The summed E-state index contributed by atoms with van der Waals surface area (Å²) in [5, 5.41) is 0. The van der Waals surface area contributed by atoms with E-state index in [4.69, 9.17) is 4.52 Å². The van der Waals surface area contributed by atoms with Gasteiger partial charge in [-0.25, -0.2) is 4.57 Å². The molecule has 15 heavy (non-hydrogen) atoms. The fraction of sp³-hybridized carbons (Fsp3) is 0.333. The van der Waals surface area contributed by atoms with Crippen LogP contribution in [0.25, 0.3) is 0 Å². The molecule has 0 heterocycles. The van der Waals surface area contributed by atoms with Crippen LogP contribution in [0.3, 0.4) is 0 Å². The molecule has 0 aliphatic heterocycles. The fourth-order valence-electron chi connectivity index (χ4n) is 0.915. The lowest BCUT2D eigenvalue weighted by Gasteiger charge is -2.14. The van der Waals surface area contributed by atoms with Gasteiger partial charge in [0.05, 0.1) is 0 Å². The van der Waals surface area contributed by atoms with E-state index in [-0.39, 0.29) is 0 Å². The van der Waals surface area contributed by atoms with Crippen molar-refractivity contribution in [2.45, 2.75) is 4.90 Å². The summed E-state index contributed by atoms with van der Waals surface area (Å²) in [6.45, 7) is 0. The van der Waals surface area contributed by atoms with Crippen LogP contribution < -0.4 is 4.52 Å². The standard InChI is InChI=1S/C9H13O4PS/c1-11-14(10,12-2)13-8-4-6-9(15-3)7-5-8/h4-7H,1-3H3. The van der Waals surface area contributed by atoms with Gasteiger partial charge in [0.25, 0.3) is 0 Å². The Bertz CT molecular complexity index is 344. The molecule has 0 aliphatic rings. The second-order valence-electron chi connectivity index (χ2n) is 2.58. The lowest BCUT2D eigenvalue weighted by molar-refractivity contribution is 0.211. The molecule has 0 N–H and O–H groups in total. The molecule has 0 amide bonds. The summed E-state index contributed by atoms with van der Waals surface area (Å²) in [6, 6.07) is 7.18. The minimum atomic E-state index is -3.43. The number of phosphoric acid groups is 1. The molecule has 1 aromatic rings. The predicted molar refractivity (Wildman–Crippen MR) is 60.5 cm³/mol. The Morgan fingerprint density at radius 3 is 2.07 bits per heavy atom. The zero-order valence-corrected chi connectivity index (χ0v) is 10.5. The first-order chi connectivity index (χ1) is 7.13. The Kier molecular flexibility index (Phi) is 4.67. The Morgan fingerprint density at radius 2 is 1.67 bits per heavy atom. The van der Waals surface area contributed by atoms with E-state index in [2.05, 4.69) is 9.05 Å². The summed E-state index contributed by atoms with van der Waals surface area (Å²) in [7, 11) is -0.877. The zero-order valence-electron chi connectivity index (χ0n) is 8.80. The molecule has 1 aromatic carbocycles. The van der Waals surface area contributed by atoms with Gasteiger partial charge < -0.3 is 4.52 Å². The molecule has 1 rings (SSSR count). The molecule has 0 saturated heterocycles. The Labute approximate surface area is 93.5 Å². The highest BCUT2D eigenvalue weighted by Gasteiger charge is 2.24. The molecule has 0 unspecified atom stereocenters. The van der Waals surface area contributed by atoms with E-state index in [0.717, 1.165) is 4.90 Å². The van der Waals surface area contributed by atoms with Crippen molar-refractivity contribution >= 4 is 19.6 Å².